The molecule has 0 aromatic carbocycles. The van der Waals surface area contributed by atoms with Gasteiger partial charge in [0.25, 0.3) is 0 Å². The van der Waals surface area contributed by atoms with E-state index in [1.807, 2.05) is 0 Å². The highest BCUT2D eigenvalue weighted by Crippen LogP contribution is 2.22. The Balaban J connectivity index is 5.07. The molecule has 8 heteroatoms. The van der Waals surface area contributed by atoms with Gasteiger partial charge in [0, 0.05) is 0 Å². The number of carbonyl (C=O) groups excluding carboxylic acids is 1. The highest BCUT2D eigenvalue weighted by atomic mass is 16.5. The second-order valence-electron chi connectivity index (χ2n) is 3.43. The number of aliphatic carboxylic acids is 3. The quantitative estimate of drug-likeness (QED) is 0.515. The molecule has 0 rings (SSSR count). The van der Waals surface area contributed by atoms with Gasteiger partial charge in [0.1, 0.15) is 6.61 Å². The number of ether oxygens (including phenoxy) is 1. The second kappa shape index (κ2) is 5.94. The lowest BCUT2D eigenvalue weighted by molar-refractivity contribution is -0.179. The van der Waals surface area contributed by atoms with Gasteiger partial charge in [0.05, 0.1) is 12.8 Å². The molecule has 96 valence electrons. The van der Waals surface area contributed by atoms with Crippen molar-refractivity contribution in [2.24, 2.45) is 0 Å². The van der Waals surface area contributed by atoms with Crippen molar-refractivity contribution >= 4 is 23.7 Å². The first-order valence-electron chi connectivity index (χ1n) is 4.50. The summed E-state index contributed by atoms with van der Waals surface area (Å²) >= 11 is 0. The smallest absolute Gasteiger partial charge is 0.337 e. The van der Waals surface area contributed by atoms with Gasteiger partial charge in [-0.05, 0) is 6.92 Å². The Morgan fingerprint density at radius 3 is 1.65 bits per heavy atom. The average molecular weight is 248 g/mol. The van der Waals surface area contributed by atoms with Crippen LogP contribution in [0.1, 0.15) is 19.8 Å². The van der Waals surface area contributed by atoms with Crippen LogP contribution < -0.4 is 0 Å². The second-order valence-corrected chi connectivity index (χ2v) is 3.43. The predicted molar refractivity (Wildman–Crippen MR) is 51.5 cm³/mol. The monoisotopic (exact) mass is 248 g/mol. The molecule has 0 aromatic heterocycles. The molecular weight excluding hydrogens is 236 g/mol. The molecule has 0 saturated heterocycles. The minimum Gasteiger partial charge on any atom is -0.481 e. The fraction of sp³-hybridized carbons (Fsp3) is 0.556. The van der Waals surface area contributed by atoms with Crippen LogP contribution in [0.2, 0.25) is 0 Å². The van der Waals surface area contributed by atoms with Crippen LogP contribution in [0, 0.1) is 0 Å². The molecule has 8 nitrogen and oxygen atoms in total. The summed E-state index contributed by atoms with van der Waals surface area (Å²) in [6, 6.07) is 0. The van der Waals surface area contributed by atoms with Crippen molar-refractivity contribution in [1.29, 1.82) is 0 Å². The van der Waals surface area contributed by atoms with E-state index in [1.54, 1.807) is 0 Å². The zero-order valence-corrected chi connectivity index (χ0v) is 9.00. The number of ketones is 1. The van der Waals surface area contributed by atoms with Crippen molar-refractivity contribution in [1.82, 2.24) is 0 Å². The maximum absolute atomic E-state index is 10.9. The molecule has 3 N–H and O–H groups in total. The Bertz CT molecular complexity index is 329. The van der Waals surface area contributed by atoms with Crippen LogP contribution in [-0.2, 0) is 23.9 Å². The maximum atomic E-state index is 10.9. The number of Topliss-reactive ketones (excluding diaryl/α,β-unsaturated/α-hetero) is 1. The number of rotatable bonds is 8. The van der Waals surface area contributed by atoms with Gasteiger partial charge in [-0.25, -0.2) is 4.79 Å². The van der Waals surface area contributed by atoms with Gasteiger partial charge in [0.2, 0.25) is 0 Å². The summed E-state index contributed by atoms with van der Waals surface area (Å²) in [7, 11) is 0. The Hall–Kier alpha value is -1.96. The van der Waals surface area contributed by atoms with Gasteiger partial charge in [-0.15, -0.1) is 0 Å². The van der Waals surface area contributed by atoms with Crippen LogP contribution in [0.3, 0.4) is 0 Å². The van der Waals surface area contributed by atoms with E-state index in [-0.39, 0.29) is 0 Å². The number of hydrogen-bond acceptors (Lipinski definition) is 5. The lowest BCUT2D eigenvalue weighted by Gasteiger charge is -2.25. The molecule has 0 heterocycles. The Labute approximate surface area is 95.8 Å². The molecule has 0 aliphatic heterocycles. The van der Waals surface area contributed by atoms with Crippen molar-refractivity contribution < 1.29 is 39.2 Å². The fourth-order valence-electron chi connectivity index (χ4n) is 1.11. The number of carboxylic acid groups (broad SMARTS) is 3. The number of hydrogen-bond donors (Lipinski definition) is 3. The van der Waals surface area contributed by atoms with Crippen molar-refractivity contribution in [2.75, 3.05) is 6.61 Å². The van der Waals surface area contributed by atoms with Gasteiger partial charge >= 0.3 is 17.9 Å². The van der Waals surface area contributed by atoms with Crippen molar-refractivity contribution in [3.63, 3.8) is 0 Å². The van der Waals surface area contributed by atoms with Gasteiger partial charge in [-0.1, -0.05) is 0 Å². The van der Waals surface area contributed by atoms with Crippen molar-refractivity contribution in [2.45, 2.75) is 25.4 Å². The molecule has 0 amide bonds. The molecule has 0 aliphatic rings. The van der Waals surface area contributed by atoms with E-state index in [1.165, 1.54) is 0 Å². The zero-order valence-electron chi connectivity index (χ0n) is 9.00. The minimum atomic E-state index is -2.43. The molecular formula is C9H12O8. The number of carboxylic acids is 3. The summed E-state index contributed by atoms with van der Waals surface area (Å²) in [5.74, 6) is -5.33. The van der Waals surface area contributed by atoms with Crippen LogP contribution in [0.15, 0.2) is 0 Å². The molecule has 0 aromatic rings. The summed E-state index contributed by atoms with van der Waals surface area (Å²) in [6.45, 7) is 0.445. The molecule has 17 heavy (non-hydrogen) atoms. The standard InChI is InChI=1S/C9H12O8/c1-5(10)4-17-9(8(15)16,2-6(11)12)3-7(13)14/h2-4H2,1H3,(H,11,12)(H,13,14)(H,15,16). The average Bonchev–Trinajstić information content (AvgIpc) is 2.11. The molecule has 0 radical (unpaired) electrons. The molecule has 0 aliphatic carbocycles. The predicted octanol–water partition coefficient (Wildman–Crippen LogP) is -0.635. The number of carbonyl (C=O) groups is 4. The van der Waals surface area contributed by atoms with E-state index < -0.39 is 48.7 Å². The van der Waals surface area contributed by atoms with Crippen LogP contribution >= 0.6 is 0 Å². The van der Waals surface area contributed by atoms with E-state index in [9.17, 15) is 19.2 Å². The van der Waals surface area contributed by atoms with Crippen LogP contribution in [0.4, 0.5) is 0 Å². The van der Waals surface area contributed by atoms with E-state index in [0.717, 1.165) is 6.92 Å². The SMILES string of the molecule is CC(=O)COC(CC(=O)O)(CC(=O)O)C(=O)O. The Morgan fingerprint density at radius 1 is 1.00 bits per heavy atom. The molecule has 0 fully saturated rings. The minimum absolute atomic E-state index is 0.536. The first-order valence-corrected chi connectivity index (χ1v) is 4.50. The first-order chi connectivity index (χ1) is 7.69. The van der Waals surface area contributed by atoms with E-state index in [4.69, 9.17) is 15.3 Å². The zero-order chi connectivity index (χ0) is 13.6. The topological polar surface area (TPSA) is 138 Å². The largest absolute Gasteiger partial charge is 0.481 e. The molecule has 0 unspecified atom stereocenters. The van der Waals surface area contributed by atoms with Gasteiger partial charge in [-0.3, -0.25) is 14.4 Å². The summed E-state index contributed by atoms with van der Waals surface area (Å²) in [5, 5.41) is 26.0. The van der Waals surface area contributed by atoms with Gasteiger partial charge in [-0.2, -0.15) is 0 Å². The summed E-state index contributed by atoms with van der Waals surface area (Å²) < 4.78 is 4.66. The van der Waals surface area contributed by atoms with Gasteiger partial charge < -0.3 is 20.1 Å². The molecule has 0 bridgehead atoms. The summed E-state index contributed by atoms with van der Waals surface area (Å²) in [4.78, 5) is 42.7. The third-order valence-electron chi connectivity index (χ3n) is 1.82. The van der Waals surface area contributed by atoms with Gasteiger partial charge in [0.15, 0.2) is 11.4 Å². The Kier molecular flexibility index (Phi) is 5.26. The lowest BCUT2D eigenvalue weighted by atomic mass is 9.95. The molecule has 0 saturated carbocycles. The highest BCUT2D eigenvalue weighted by Gasteiger charge is 2.44. The van der Waals surface area contributed by atoms with E-state index in [0.29, 0.717) is 0 Å². The van der Waals surface area contributed by atoms with Crippen molar-refractivity contribution in [3.05, 3.63) is 0 Å². The highest BCUT2D eigenvalue weighted by molar-refractivity contribution is 5.89. The third-order valence-corrected chi connectivity index (χ3v) is 1.82. The van der Waals surface area contributed by atoms with E-state index >= 15 is 0 Å². The lowest BCUT2D eigenvalue weighted by Crippen LogP contribution is -2.46. The van der Waals surface area contributed by atoms with E-state index in [2.05, 4.69) is 4.74 Å². The third kappa shape index (κ3) is 5.07. The van der Waals surface area contributed by atoms with Crippen molar-refractivity contribution in [3.8, 4) is 0 Å². The summed E-state index contributed by atoms with van der Waals surface area (Å²) in [5.41, 5.74) is -2.43. The van der Waals surface area contributed by atoms with Crippen LogP contribution in [0.25, 0.3) is 0 Å². The Morgan fingerprint density at radius 2 is 1.41 bits per heavy atom. The van der Waals surface area contributed by atoms with Crippen LogP contribution in [0.5, 0.6) is 0 Å². The molecule has 0 spiro atoms. The normalized spacial score (nSPS) is 10.9. The summed E-state index contributed by atoms with van der Waals surface area (Å²) in [6.07, 6.45) is -2.08. The fourth-order valence-corrected chi connectivity index (χ4v) is 1.11. The maximum Gasteiger partial charge on any atom is 0.337 e. The first kappa shape index (κ1) is 15.0. The van der Waals surface area contributed by atoms with Crippen LogP contribution in [-0.4, -0.2) is 51.2 Å². The molecule has 0 atom stereocenters.